The molecule has 0 aliphatic rings. The van der Waals surface area contributed by atoms with Crippen LogP contribution in [0.4, 0.5) is 11.4 Å². The van der Waals surface area contributed by atoms with Crippen molar-refractivity contribution < 1.29 is 19.1 Å². The van der Waals surface area contributed by atoms with E-state index in [0.29, 0.717) is 30.2 Å². The molecule has 0 radical (unpaired) electrons. The van der Waals surface area contributed by atoms with E-state index in [2.05, 4.69) is 16.0 Å². The third-order valence-electron chi connectivity index (χ3n) is 5.05. The maximum absolute atomic E-state index is 12.4. The monoisotopic (exact) mass is 461 g/mol. The predicted octanol–water partition coefficient (Wildman–Crippen LogP) is 4.72. The first-order chi connectivity index (χ1) is 16.5. The van der Waals surface area contributed by atoms with Gasteiger partial charge in [-0.1, -0.05) is 37.3 Å². The number of nitrogens with one attached hydrogen (secondary N) is 3. The number of carbonyl (C=O) groups excluding carboxylic acids is 2. The molecular formula is C27H31N3O4. The molecule has 3 aromatic carbocycles. The van der Waals surface area contributed by atoms with Gasteiger partial charge in [-0.05, 0) is 55.8 Å². The lowest BCUT2D eigenvalue weighted by molar-refractivity contribution is -0.114. The molecule has 0 fully saturated rings. The Hall–Kier alpha value is -4.00. The fraction of sp³-hybridized carbons (Fsp3) is 0.259. The van der Waals surface area contributed by atoms with Gasteiger partial charge < -0.3 is 25.4 Å². The van der Waals surface area contributed by atoms with Gasteiger partial charge in [0.15, 0.2) is 0 Å². The van der Waals surface area contributed by atoms with Gasteiger partial charge in [0, 0.05) is 29.0 Å². The zero-order valence-electron chi connectivity index (χ0n) is 19.5. The summed E-state index contributed by atoms with van der Waals surface area (Å²) in [6, 6.07) is 23.9. The zero-order chi connectivity index (χ0) is 24.2. The number of benzene rings is 3. The van der Waals surface area contributed by atoms with Crippen LogP contribution in [0.5, 0.6) is 11.5 Å². The maximum atomic E-state index is 12.4. The highest BCUT2D eigenvalue weighted by atomic mass is 16.5. The number of hydrogen-bond donors (Lipinski definition) is 3. The molecule has 0 heterocycles. The largest absolute Gasteiger partial charge is 0.490 e. The second-order valence-electron chi connectivity index (χ2n) is 7.80. The average molecular weight is 462 g/mol. The molecule has 0 aromatic heterocycles. The summed E-state index contributed by atoms with van der Waals surface area (Å²) >= 11 is 0. The average Bonchev–Trinajstić information content (AvgIpc) is 2.86. The van der Waals surface area contributed by atoms with Gasteiger partial charge >= 0.3 is 0 Å². The van der Waals surface area contributed by atoms with Gasteiger partial charge in [-0.15, -0.1) is 0 Å². The van der Waals surface area contributed by atoms with E-state index in [1.807, 2.05) is 68.4 Å². The standard InChI is InChI=1S/C27H31N3O4/c1-3-20(2)29-27(32)21-9-7-11-23(17-21)30-26(31)19-28-22-10-8-14-25(18-22)34-16-15-33-24-12-5-4-6-13-24/h4-14,17-18,20,28H,3,15-16,19H2,1-2H3,(H,29,32)(H,30,31). The molecule has 0 aliphatic heterocycles. The fourth-order valence-electron chi connectivity index (χ4n) is 3.07. The lowest BCUT2D eigenvalue weighted by Gasteiger charge is -2.13. The number of amides is 2. The summed E-state index contributed by atoms with van der Waals surface area (Å²) in [5.41, 5.74) is 1.84. The minimum Gasteiger partial charge on any atom is -0.490 e. The Morgan fingerprint density at radius 2 is 1.50 bits per heavy atom. The first-order valence-corrected chi connectivity index (χ1v) is 11.4. The molecule has 0 saturated carbocycles. The van der Waals surface area contributed by atoms with Crippen LogP contribution in [-0.2, 0) is 4.79 Å². The van der Waals surface area contributed by atoms with Crippen LogP contribution in [0.25, 0.3) is 0 Å². The topological polar surface area (TPSA) is 88.7 Å². The van der Waals surface area contributed by atoms with Crippen molar-refractivity contribution in [3.63, 3.8) is 0 Å². The van der Waals surface area contributed by atoms with E-state index in [4.69, 9.17) is 9.47 Å². The second-order valence-corrected chi connectivity index (χ2v) is 7.80. The van der Waals surface area contributed by atoms with Crippen LogP contribution in [0.15, 0.2) is 78.9 Å². The van der Waals surface area contributed by atoms with Crippen LogP contribution in [0, 0.1) is 0 Å². The summed E-state index contributed by atoms with van der Waals surface area (Å²) in [7, 11) is 0. The molecule has 34 heavy (non-hydrogen) atoms. The highest BCUT2D eigenvalue weighted by molar-refractivity contribution is 5.98. The van der Waals surface area contributed by atoms with E-state index in [1.54, 1.807) is 24.3 Å². The van der Waals surface area contributed by atoms with Crippen molar-refractivity contribution in [2.75, 3.05) is 30.4 Å². The molecule has 1 unspecified atom stereocenters. The van der Waals surface area contributed by atoms with E-state index in [1.165, 1.54) is 0 Å². The molecular weight excluding hydrogens is 430 g/mol. The van der Waals surface area contributed by atoms with E-state index < -0.39 is 0 Å². The van der Waals surface area contributed by atoms with Crippen molar-refractivity contribution in [1.82, 2.24) is 5.32 Å². The first-order valence-electron chi connectivity index (χ1n) is 11.4. The van der Waals surface area contributed by atoms with Gasteiger partial charge in [-0.3, -0.25) is 9.59 Å². The number of ether oxygens (including phenoxy) is 2. The van der Waals surface area contributed by atoms with Crippen LogP contribution in [0.2, 0.25) is 0 Å². The molecule has 3 rings (SSSR count). The third kappa shape index (κ3) is 8.16. The Labute approximate surface area is 200 Å². The molecule has 0 aliphatic carbocycles. The molecule has 178 valence electrons. The molecule has 1 atom stereocenters. The number of carbonyl (C=O) groups is 2. The summed E-state index contributed by atoms with van der Waals surface area (Å²) in [4.78, 5) is 24.7. The van der Waals surface area contributed by atoms with Gasteiger partial charge in [0.25, 0.3) is 5.91 Å². The van der Waals surface area contributed by atoms with E-state index in [9.17, 15) is 9.59 Å². The minimum atomic E-state index is -0.220. The Kier molecular flexibility index (Phi) is 9.34. The van der Waals surface area contributed by atoms with Crippen molar-refractivity contribution in [2.24, 2.45) is 0 Å². The third-order valence-corrected chi connectivity index (χ3v) is 5.05. The van der Waals surface area contributed by atoms with Crippen molar-refractivity contribution in [2.45, 2.75) is 26.3 Å². The molecule has 3 aromatic rings. The maximum Gasteiger partial charge on any atom is 0.251 e. The molecule has 7 heteroatoms. The highest BCUT2D eigenvalue weighted by Crippen LogP contribution is 2.18. The summed E-state index contributed by atoms with van der Waals surface area (Å²) in [6.07, 6.45) is 0.849. The van der Waals surface area contributed by atoms with Crippen LogP contribution in [-0.4, -0.2) is 37.6 Å². The summed E-state index contributed by atoms with van der Waals surface area (Å²) in [6.45, 7) is 4.87. The smallest absolute Gasteiger partial charge is 0.251 e. The summed E-state index contributed by atoms with van der Waals surface area (Å²) in [5, 5.41) is 8.83. The quantitative estimate of drug-likeness (QED) is 0.340. The Morgan fingerprint density at radius 1 is 0.824 bits per heavy atom. The van der Waals surface area contributed by atoms with Gasteiger partial charge in [0.05, 0.1) is 6.54 Å². The molecule has 3 N–H and O–H groups in total. The normalized spacial score (nSPS) is 11.2. The molecule has 7 nitrogen and oxygen atoms in total. The lowest BCUT2D eigenvalue weighted by atomic mass is 10.1. The van der Waals surface area contributed by atoms with Crippen LogP contribution >= 0.6 is 0 Å². The van der Waals surface area contributed by atoms with Gasteiger partial charge in [-0.2, -0.15) is 0 Å². The van der Waals surface area contributed by atoms with Gasteiger partial charge in [0.2, 0.25) is 5.91 Å². The number of hydrogen-bond acceptors (Lipinski definition) is 5. The lowest BCUT2D eigenvalue weighted by Crippen LogP contribution is -2.32. The van der Waals surface area contributed by atoms with Crippen LogP contribution in [0.3, 0.4) is 0 Å². The van der Waals surface area contributed by atoms with Crippen molar-refractivity contribution in [3.05, 3.63) is 84.4 Å². The zero-order valence-corrected chi connectivity index (χ0v) is 19.5. The minimum absolute atomic E-state index is 0.0733. The number of para-hydroxylation sites is 1. The Balaban J connectivity index is 1.44. The highest BCUT2D eigenvalue weighted by Gasteiger charge is 2.10. The molecule has 2 amide bonds. The van der Waals surface area contributed by atoms with Crippen molar-refractivity contribution in [1.29, 1.82) is 0 Å². The Morgan fingerprint density at radius 3 is 2.26 bits per heavy atom. The van der Waals surface area contributed by atoms with Crippen LogP contribution in [0.1, 0.15) is 30.6 Å². The van der Waals surface area contributed by atoms with Crippen molar-refractivity contribution in [3.8, 4) is 11.5 Å². The molecule has 0 bridgehead atoms. The van der Waals surface area contributed by atoms with Gasteiger partial charge in [0.1, 0.15) is 24.7 Å². The van der Waals surface area contributed by atoms with E-state index in [-0.39, 0.29) is 24.4 Å². The van der Waals surface area contributed by atoms with Crippen LogP contribution < -0.4 is 25.4 Å². The predicted molar refractivity (Wildman–Crippen MR) is 135 cm³/mol. The fourth-order valence-corrected chi connectivity index (χ4v) is 3.07. The number of anilines is 2. The van der Waals surface area contributed by atoms with E-state index >= 15 is 0 Å². The molecule has 0 saturated heterocycles. The van der Waals surface area contributed by atoms with Gasteiger partial charge in [-0.25, -0.2) is 0 Å². The first kappa shape index (κ1) is 24.6. The Bertz CT molecular complexity index is 1070. The SMILES string of the molecule is CCC(C)NC(=O)c1cccc(NC(=O)CNc2cccc(OCCOc3ccccc3)c2)c1. The number of rotatable bonds is 12. The molecule has 0 spiro atoms. The second kappa shape index (κ2) is 12.9. The summed E-state index contributed by atoms with van der Waals surface area (Å²) in [5.74, 6) is 1.10. The van der Waals surface area contributed by atoms with Crippen molar-refractivity contribution >= 4 is 23.2 Å². The van der Waals surface area contributed by atoms with E-state index in [0.717, 1.165) is 17.9 Å². The summed E-state index contributed by atoms with van der Waals surface area (Å²) < 4.78 is 11.4.